The fraction of sp³-hybridized carbons (Fsp3) is 0.412. The Morgan fingerprint density at radius 1 is 1.36 bits per heavy atom. The van der Waals surface area contributed by atoms with Crippen molar-refractivity contribution in [2.24, 2.45) is 11.7 Å². The highest BCUT2D eigenvalue weighted by Gasteiger charge is 2.30. The third-order valence-electron chi connectivity index (χ3n) is 4.09. The lowest BCUT2D eigenvalue weighted by Gasteiger charge is -2.15. The minimum absolute atomic E-state index is 0.0785. The van der Waals surface area contributed by atoms with Crippen LogP contribution in [0.3, 0.4) is 0 Å². The Morgan fingerprint density at radius 2 is 2.14 bits per heavy atom. The van der Waals surface area contributed by atoms with Crippen molar-refractivity contribution >= 4 is 5.91 Å². The second kappa shape index (κ2) is 6.75. The van der Waals surface area contributed by atoms with E-state index in [0.717, 1.165) is 11.3 Å². The van der Waals surface area contributed by atoms with Gasteiger partial charge in [0.25, 0.3) is 0 Å². The van der Waals surface area contributed by atoms with E-state index in [2.05, 4.69) is 10.4 Å². The van der Waals surface area contributed by atoms with E-state index in [0.29, 0.717) is 25.3 Å². The number of hydrogen-bond donors (Lipinski definition) is 2. The Hall–Kier alpha value is -2.14. The number of nitrogens with two attached hydrogens (primary N) is 1. The highest BCUT2D eigenvalue weighted by molar-refractivity contribution is 5.76. The molecule has 1 saturated carbocycles. The average Bonchev–Trinajstić information content (AvgIpc) is 3.29. The SMILES string of the molecule is NCC(NC(=O)CCc1cnn(-c2ccccc2)c1)C1CC1. The van der Waals surface area contributed by atoms with Crippen LogP contribution in [0.5, 0.6) is 0 Å². The largest absolute Gasteiger partial charge is 0.352 e. The molecule has 1 unspecified atom stereocenters. The molecule has 1 fully saturated rings. The topological polar surface area (TPSA) is 72.9 Å². The summed E-state index contributed by atoms with van der Waals surface area (Å²) in [5.74, 6) is 0.671. The van der Waals surface area contributed by atoms with Crippen LogP contribution in [0.4, 0.5) is 0 Å². The highest BCUT2D eigenvalue weighted by Crippen LogP contribution is 2.32. The summed E-state index contributed by atoms with van der Waals surface area (Å²) in [5.41, 5.74) is 7.80. The maximum Gasteiger partial charge on any atom is 0.220 e. The number of carbonyl (C=O) groups excluding carboxylic acids is 1. The van der Waals surface area contributed by atoms with Crippen LogP contribution in [0.2, 0.25) is 0 Å². The molecule has 1 atom stereocenters. The van der Waals surface area contributed by atoms with Crippen molar-refractivity contribution in [3.8, 4) is 5.69 Å². The van der Waals surface area contributed by atoms with Crippen molar-refractivity contribution in [1.29, 1.82) is 0 Å². The molecule has 1 aliphatic rings. The molecule has 0 aliphatic heterocycles. The minimum Gasteiger partial charge on any atom is -0.352 e. The Bertz CT molecular complexity index is 619. The normalized spacial score (nSPS) is 15.5. The maximum atomic E-state index is 12.0. The molecule has 116 valence electrons. The van der Waals surface area contributed by atoms with E-state index >= 15 is 0 Å². The van der Waals surface area contributed by atoms with Gasteiger partial charge in [0.05, 0.1) is 11.9 Å². The van der Waals surface area contributed by atoms with Gasteiger partial charge >= 0.3 is 0 Å². The lowest BCUT2D eigenvalue weighted by molar-refractivity contribution is -0.121. The molecule has 5 heteroatoms. The van der Waals surface area contributed by atoms with Gasteiger partial charge in [-0.1, -0.05) is 18.2 Å². The smallest absolute Gasteiger partial charge is 0.220 e. The van der Waals surface area contributed by atoms with E-state index in [1.165, 1.54) is 12.8 Å². The van der Waals surface area contributed by atoms with E-state index in [9.17, 15) is 4.79 Å². The van der Waals surface area contributed by atoms with Crippen LogP contribution in [0, 0.1) is 5.92 Å². The Morgan fingerprint density at radius 3 is 2.82 bits per heavy atom. The monoisotopic (exact) mass is 298 g/mol. The van der Waals surface area contributed by atoms with E-state index < -0.39 is 0 Å². The lowest BCUT2D eigenvalue weighted by atomic mass is 10.1. The number of nitrogens with one attached hydrogen (secondary N) is 1. The summed E-state index contributed by atoms with van der Waals surface area (Å²) in [6.07, 6.45) is 7.34. The first-order valence-corrected chi connectivity index (χ1v) is 7.84. The van der Waals surface area contributed by atoms with Crippen LogP contribution in [0.15, 0.2) is 42.7 Å². The molecule has 2 aromatic rings. The number of para-hydroxylation sites is 1. The quantitative estimate of drug-likeness (QED) is 0.816. The molecule has 3 N–H and O–H groups in total. The Balaban J connectivity index is 1.51. The van der Waals surface area contributed by atoms with Gasteiger partial charge in [-0.3, -0.25) is 4.79 Å². The first-order valence-electron chi connectivity index (χ1n) is 7.84. The van der Waals surface area contributed by atoms with Crippen molar-refractivity contribution in [1.82, 2.24) is 15.1 Å². The van der Waals surface area contributed by atoms with Gasteiger partial charge in [-0.25, -0.2) is 4.68 Å². The number of amides is 1. The predicted molar refractivity (Wildman–Crippen MR) is 85.6 cm³/mol. The zero-order valence-electron chi connectivity index (χ0n) is 12.6. The number of hydrogen-bond acceptors (Lipinski definition) is 3. The number of aromatic nitrogens is 2. The predicted octanol–water partition coefficient (Wildman–Crippen LogP) is 1.66. The van der Waals surface area contributed by atoms with Crippen molar-refractivity contribution in [3.05, 3.63) is 48.3 Å². The third-order valence-corrected chi connectivity index (χ3v) is 4.09. The maximum absolute atomic E-state index is 12.0. The molecule has 0 spiro atoms. The summed E-state index contributed by atoms with van der Waals surface area (Å²) < 4.78 is 1.83. The zero-order valence-corrected chi connectivity index (χ0v) is 12.6. The molecule has 1 aromatic heterocycles. The molecule has 3 rings (SSSR count). The summed E-state index contributed by atoms with van der Waals surface area (Å²) >= 11 is 0. The number of nitrogens with zero attached hydrogens (tertiary/aromatic N) is 2. The summed E-state index contributed by atoms with van der Waals surface area (Å²) in [6, 6.07) is 10.1. The number of benzene rings is 1. The molecule has 0 bridgehead atoms. The Labute approximate surface area is 130 Å². The molecular weight excluding hydrogens is 276 g/mol. The fourth-order valence-electron chi connectivity index (χ4n) is 2.62. The fourth-order valence-corrected chi connectivity index (χ4v) is 2.62. The van der Waals surface area contributed by atoms with Gasteiger partial charge in [-0.2, -0.15) is 5.10 Å². The van der Waals surface area contributed by atoms with Crippen LogP contribution in [0.1, 0.15) is 24.8 Å². The third kappa shape index (κ3) is 3.74. The van der Waals surface area contributed by atoms with Gasteiger partial charge in [-0.05, 0) is 42.9 Å². The lowest BCUT2D eigenvalue weighted by Crippen LogP contribution is -2.41. The van der Waals surface area contributed by atoms with Crippen LogP contribution < -0.4 is 11.1 Å². The molecular formula is C17H22N4O. The van der Waals surface area contributed by atoms with Gasteiger partial charge in [0, 0.05) is 25.2 Å². The standard InChI is InChI=1S/C17H22N4O/c18-10-16(14-7-8-14)20-17(22)9-6-13-11-19-21(12-13)15-4-2-1-3-5-15/h1-5,11-12,14,16H,6-10,18H2,(H,20,22). The zero-order chi connectivity index (χ0) is 15.4. The van der Waals surface area contributed by atoms with E-state index in [-0.39, 0.29) is 11.9 Å². The second-order valence-corrected chi connectivity index (χ2v) is 5.88. The van der Waals surface area contributed by atoms with Gasteiger partial charge in [-0.15, -0.1) is 0 Å². The van der Waals surface area contributed by atoms with Gasteiger partial charge in [0.15, 0.2) is 0 Å². The molecule has 0 saturated heterocycles. The van der Waals surface area contributed by atoms with Crippen LogP contribution in [-0.4, -0.2) is 28.3 Å². The van der Waals surface area contributed by atoms with Gasteiger partial charge in [0.2, 0.25) is 5.91 Å². The van der Waals surface area contributed by atoms with Crippen LogP contribution in [-0.2, 0) is 11.2 Å². The van der Waals surface area contributed by atoms with Gasteiger partial charge in [0.1, 0.15) is 0 Å². The number of carbonyl (C=O) groups is 1. The molecule has 5 nitrogen and oxygen atoms in total. The Kier molecular flexibility index (Phi) is 4.53. The van der Waals surface area contributed by atoms with Crippen molar-refractivity contribution in [2.75, 3.05) is 6.54 Å². The van der Waals surface area contributed by atoms with Crippen molar-refractivity contribution in [3.63, 3.8) is 0 Å². The first kappa shape index (κ1) is 14.8. The average molecular weight is 298 g/mol. The van der Waals surface area contributed by atoms with Gasteiger partial charge < -0.3 is 11.1 Å². The summed E-state index contributed by atoms with van der Waals surface area (Å²) in [4.78, 5) is 12.0. The van der Waals surface area contributed by atoms with Crippen LogP contribution in [0.25, 0.3) is 5.69 Å². The number of rotatable bonds is 7. The van der Waals surface area contributed by atoms with E-state index in [4.69, 9.17) is 5.73 Å². The second-order valence-electron chi connectivity index (χ2n) is 5.88. The van der Waals surface area contributed by atoms with Crippen LogP contribution >= 0.6 is 0 Å². The van der Waals surface area contributed by atoms with Crippen molar-refractivity contribution in [2.45, 2.75) is 31.7 Å². The summed E-state index contributed by atoms with van der Waals surface area (Å²) in [6.45, 7) is 0.530. The number of aryl methyl sites for hydroxylation is 1. The summed E-state index contributed by atoms with van der Waals surface area (Å²) in [5, 5.41) is 7.39. The highest BCUT2D eigenvalue weighted by atomic mass is 16.1. The first-order chi connectivity index (χ1) is 10.8. The van der Waals surface area contributed by atoms with E-state index in [1.54, 1.807) is 0 Å². The molecule has 1 amide bonds. The minimum atomic E-state index is 0.0785. The molecule has 1 heterocycles. The van der Waals surface area contributed by atoms with E-state index in [1.807, 2.05) is 47.4 Å². The molecule has 1 aliphatic carbocycles. The molecule has 22 heavy (non-hydrogen) atoms. The summed E-state index contributed by atoms with van der Waals surface area (Å²) in [7, 11) is 0. The molecule has 1 aromatic carbocycles. The van der Waals surface area contributed by atoms with Crippen molar-refractivity contribution < 1.29 is 4.79 Å². The molecule has 0 radical (unpaired) electrons.